The third-order valence-electron chi connectivity index (χ3n) is 3.30. The molecule has 0 bridgehead atoms. The van der Waals surface area contributed by atoms with E-state index >= 15 is 0 Å². The SMILES string of the molecule is O=C(Nc1ncn[nH]1)[C@H]1CC(=O)N(c2ccccc2Br)C1. The number of benzene rings is 1. The number of anilines is 2. The molecule has 7 nitrogen and oxygen atoms in total. The van der Waals surface area contributed by atoms with Crippen LogP contribution in [0.3, 0.4) is 0 Å². The van der Waals surface area contributed by atoms with Gasteiger partial charge in [0.05, 0.1) is 11.6 Å². The van der Waals surface area contributed by atoms with E-state index in [2.05, 4.69) is 36.4 Å². The van der Waals surface area contributed by atoms with Crippen molar-refractivity contribution in [1.82, 2.24) is 15.2 Å². The van der Waals surface area contributed by atoms with Crippen LogP contribution in [-0.4, -0.2) is 33.5 Å². The van der Waals surface area contributed by atoms with E-state index in [1.807, 2.05) is 24.3 Å². The van der Waals surface area contributed by atoms with Crippen LogP contribution >= 0.6 is 15.9 Å². The number of H-pyrrole nitrogens is 1. The molecule has 1 saturated heterocycles. The second-order valence-corrected chi connectivity index (χ2v) is 5.53. The average molecular weight is 350 g/mol. The lowest BCUT2D eigenvalue weighted by Crippen LogP contribution is -2.28. The number of carbonyl (C=O) groups is 2. The summed E-state index contributed by atoms with van der Waals surface area (Å²) in [6, 6.07) is 7.45. The van der Waals surface area contributed by atoms with Gasteiger partial charge in [0.2, 0.25) is 17.8 Å². The number of rotatable bonds is 3. The second-order valence-electron chi connectivity index (χ2n) is 4.68. The molecule has 8 heteroatoms. The molecule has 1 fully saturated rings. The van der Waals surface area contributed by atoms with Crippen LogP contribution in [0.1, 0.15) is 6.42 Å². The van der Waals surface area contributed by atoms with E-state index in [4.69, 9.17) is 0 Å². The highest BCUT2D eigenvalue weighted by atomic mass is 79.9. The van der Waals surface area contributed by atoms with E-state index in [9.17, 15) is 9.59 Å². The number of nitrogens with zero attached hydrogens (tertiary/aromatic N) is 3. The first-order valence-electron chi connectivity index (χ1n) is 6.36. The first-order valence-corrected chi connectivity index (χ1v) is 7.15. The van der Waals surface area contributed by atoms with Gasteiger partial charge in [-0.1, -0.05) is 12.1 Å². The topological polar surface area (TPSA) is 91.0 Å². The number of carbonyl (C=O) groups excluding carboxylic acids is 2. The molecule has 0 saturated carbocycles. The summed E-state index contributed by atoms with van der Waals surface area (Å²) in [4.78, 5) is 29.7. The van der Waals surface area contributed by atoms with Crippen molar-refractivity contribution in [3.8, 4) is 0 Å². The Balaban J connectivity index is 1.73. The fourth-order valence-electron chi connectivity index (χ4n) is 2.27. The van der Waals surface area contributed by atoms with Crippen molar-refractivity contribution in [2.45, 2.75) is 6.42 Å². The van der Waals surface area contributed by atoms with Gasteiger partial charge in [0.15, 0.2) is 0 Å². The Morgan fingerprint density at radius 2 is 2.24 bits per heavy atom. The van der Waals surface area contributed by atoms with Gasteiger partial charge in [0.25, 0.3) is 0 Å². The highest BCUT2D eigenvalue weighted by Gasteiger charge is 2.36. The minimum atomic E-state index is -0.408. The van der Waals surface area contributed by atoms with E-state index in [0.717, 1.165) is 10.2 Å². The van der Waals surface area contributed by atoms with Gasteiger partial charge in [-0.15, -0.1) is 0 Å². The maximum atomic E-state index is 12.1. The fraction of sp³-hybridized carbons (Fsp3) is 0.231. The largest absolute Gasteiger partial charge is 0.310 e. The number of para-hydroxylation sites is 1. The fourth-order valence-corrected chi connectivity index (χ4v) is 2.77. The molecule has 1 aliphatic heterocycles. The van der Waals surface area contributed by atoms with Gasteiger partial charge in [0.1, 0.15) is 6.33 Å². The minimum Gasteiger partial charge on any atom is -0.310 e. The number of hydrogen-bond donors (Lipinski definition) is 2. The molecule has 2 N–H and O–H groups in total. The number of aromatic nitrogens is 3. The van der Waals surface area contributed by atoms with E-state index in [-0.39, 0.29) is 24.2 Å². The Kier molecular flexibility index (Phi) is 3.70. The summed E-state index contributed by atoms with van der Waals surface area (Å²) in [6.45, 7) is 0.349. The molecule has 21 heavy (non-hydrogen) atoms. The third kappa shape index (κ3) is 2.80. The molecule has 108 valence electrons. The molecule has 0 radical (unpaired) electrons. The first-order chi connectivity index (χ1) is 10.1. The van der Waals surface area contributed by atoms with Crippen molar-refractivity contribution in [3.63, 3.8) is 0 Å². The summed E-state index contributed by atoms with van der Waals surface area (Å²) in [7, 11) is 0. The molecular formula is C13H12BrN5O2. The monoisotopic (exact) mass is 349 g/mol. The lowest BCUT2D eigenvalue weighted by molar-refractivity contribution is -0.122. The molecule has 1 atom stereocenters. The maximum Gasteiger partial charge on any atom is 0.232 e. The zero-order valence-electron chi connectivity index (χ0n) is 10.9. The van der Waals surface area contributed by atoms with Crippen molar-refractivity contribution in [1.29, 1.82) is 0 Å². The number of hydrogen-bond acceptors (Lipinski definition) is 4. The van der Waals surface area contributed by atoms with Crippen LogP contribution in [0, 0.1) is 5.92 Å². The first kappa shape index (κ1) is 13.7. The minimum absolute atomic E-state index is 0.0698. The summed E-state index contributed by atoms with van der Waals surface area (Å²) in [6.07, 6.45) is 1.49. The summed E-state index contributed by atoms with van der Waals surface area (Å²) < 4.78 is 0.828. The smallest absolute Gasteiger partial charge is 0.232 e. The number of amides is 2. The van der Waals surface area contributed by atoms with Gasteiger partial charge < -0.3 is 4.90 Å². The standard InChI is InChI=1S/C13H12BrN5O2/c14-9-3-1-2-4-10(9)19-6-8(5-11(19)20)12(21)17-13-15-7-16-18-13/h1-4,7-8H,5-6H2,(H2,15,16,17,18,21)/t8-/m0/s1. The molecule has 2 heterocycles. The zero-order chi connectivity index (χ0) is 14.8. The predicted molar refractivity (Wildman–Crippen MR) is 79.6 cm³/mol. The van der Waals surface area contributed by atoms with Crippen molar-refractivity contribution in [2.24, 2.45) is 5.92 Å². The third-order valence-corrected chi connectivity index (χ3v) is 3.97. The molecule has 1 aliphatic rings. The average Bonchev–Trinajstić information content (AvgIpc) is 3.09. The van der Waals surface area contributed by atoms with Gasteiger partial charge >= 0.3 is 0 Å². The van der Waals surface area contributed by atoms with Crippen LogP contribution in [0.25, 0.3) is 0 Å². The highest BCUT2D eigenvalue weighted by Crippen LogP contribution is 2.31. The molecule has 1 aromatic carbocycles. The van der Waals surface area contributed by atoms with Gasteiger partial charge in [-0.05, 0) is 28.1 Å². The summed E-state index contributed by atoms with van der Waals surface area (Å²) >= 11 is 3.42. The maximum absolute atomic E-state index is 12.1. The Labute approximate surface area is 128 Å². The normalized spacial score (nSPS) is 18.0. The van der Waals surface area contributed by atoms with E-state index in [1.165, 1.54) is 6.33 Å². The van der Waals surface area contributed by atoms with Crippen molar-refractivity contribution >= 4 is 39.4 Å². The van der Waals surface area contributed by atoms with Crippen molar-refractivity contribution < 1.29 is 9.59 Å². The number of nitrogens with one attached hydrogen (secondary N) is 2. The Bertz CT molecular complexity index is 673. The van der Waals surface area contributed by atoms with Gasteiger partial charge in [-0.25, -0.2) is 5.10 Å². The van der Waals surface area contributed by atoms with E-state index in [0.29, 0.717) is 6.54 Å². The van der Waals surface area contributed by atoms with Crippen molar-refractivity contribution in [2.75, 3.05) is 16.8 Å². The van der Waals surface area contributed by atoms with Gasteiger partial charge in [0, 0.05) is 17.4 Å². The molecule has 2 amide bonds. The van der Waals surface area contributed by atoms with Crippen LogP contribution < -0.4 is 10.2 Å². The predicted octanol–water partition coefficient (Wildman–Crippen LogP) is 1.56. The quantitative estimate of drug-likeness (QED) is 0.879. The molecule has 0 spiro atoms. The van der Waals surface area contributed by atoms with Crippen molar-refractivity contribution in [3.05, 3.63) is 35.1 Å². The lowest BCUT2D eigenvalue weighted by Gasteiger charge is -2.18. The Hall–Kier alpha value is -2.22. The van der Waals surface area contributed by atoms with E-state index in [1.54, 1.807) is 4.90 Å². The molecule has 2 aromatic rings. The van der Waals surface area contributed by atoms with Crippen LogP contribution in [0.5, 0.6) is 0 Å². The summed E-state index contributed by atoms with van der Waals surface area (Å²) in [5.74, 6) is -0.434. The van der Waals surface area contributed by atoms with Crippen LogP contribution in [0.15, 0.2) is 35.1 Å². The summed E-state index contributed by atoms with van der Waals surface area (Å²) in [5.41, 5.74) is 0.775. The molecule has 1 aromatic heterocycles. The molecule has 0 unspecified atom stereocenters. The Morgan fingerprint density at radius 1 is 1.43 bits per heavy atom. The van der Waals surface area contributed by atoms with Crippen LogP contribution in [-0.2, 0) is 9.59 Å². The van der Waals surface area contributed by atoms with Crippen LogP contribution in [0.2, 0.25) is 0 Å². The van der Waals surface area contributed by atoms with Crippen LogP contribution in [0.4, 0.5) is 11.6 Å². The highest BCUT2D eigenvalue weighted by molar-refractivity contribution is 9.10. The van der Waals surface area contributed by atoms with Gasteiger partial charge in [-0.3, -0.25) is 14.9 Å². The number of halogens is 1. The molecule has 3 rings (SSSR count). The molecular weight excluding hydrogens is 338 g/mol. The lowest BCUT2D eigenvalue weighted by atomic mass is 10.1. The van der Waals surface area contributed by atoms with Gasteiger partial charge in [-0.2, -0.15) is 10.1 Å². The van der Waals surface area contributed by atoms with E-state index < -0.39 is 5.92 Å². The molecule has 0 aliphatic carbocycles. The summed E-state index contributed by atoms with van der Waals surface area (Å²) in [5, 5.41) is 8.82. The Morgan fingerprint density at radius 3 is 2.95 bits per heavy atom. The number of aromatic amines is 1. The second kappa shape index (κ2) is 5.65. The zero-order valence-corrected chi connectivity index (χ0v) is 12.5.